The number of pyridine rings is 1. The fourth-order valence-electron chi connectivity index (χ4n) is 3.50. The molecule has 0 aliphatic carbocycles. The summed E-state index contributed by atoms with van der Waals surface area (Å²) in [4.78, 5) is 21.3. The van der Waals surface area contributed by atoms with E-state index in [0.717, 1.165) is 16.7 Å². The predicted molar refractivity (Wildman–Crippen MR) is 123 cm³/mol. The van der Waals surface area contributed by atoms with Crippen molar-refractivity contribution < 1.29 is 9.32 Å². The molecule has 2 heterocycles. The number of hydrogen-bond acceptors (Lipinski definition) is 5. The maximum absolute atomic E-state index is 12.7. The van der Waals surface area contributed by atoms with E-state index in [-0.39, 0.29) is 18.4 Å². The first-order chi connectivity index (χ1) is 15.6. The molecule has 0 bridgehead atoms. The van der Waals surface area contributed by atoms with E-state index in [2.05, 4.69) is 46.4 Å². The van der Waals surface area contributed by atoms with E-state index in [4.69, 9.17) is 4.52 Å². The van der Waals surface area contributed by atoms with E-state index in [1.54, 1.807) is 12.4 Å². The molecule has 0 saturated heterocycles. The highest BCUT2D eigenvalue weighted by Crippen LogP contribution is 2.23. The number of carbonyl (C=O) groups excluding carboxylic acids is 1. The highest BCUT2D eigenvalue weighted by atomic mass is 16.5. The SMILES string of the molecule is CC(C)c1ccc(-c2noc(CCC(=O)NC(c3ccccc3)c3ccncc3)n2)cc1. The smallest absolute Gasteiger partial charge is 0.227 e. The minimum Gasteiger partial charge on any atom is -0.345 e. The summed E-state index contributed by atoms with van der Waals surface area (Å²) in [6.07, 6.45) is 4.08. The topological polar surface area (TPSA) is 80.9 Å². The van der Waals surface area contributed by atoms with Crippen molar-refractivity contribution in [1.29, 1.82) is 0 Å². The van der Waals surface area contributed by atoms with Crippen LogP contribution in [0.5, 0.6) is 0 Å². The van der Waals surface area contributed by atoms with E-state index in [0.29, 0.717) is 24.1 Å². The highest BCUT2D eigenvalue weighted by molar-refractivity contribution is 5.77. The van der Waals surface area contributed by atoms with Crippen molar-refractivity contribution >= 4 is 5.91 Å². The van der Waals surface area contributed by atoms with Gasteiger partial charge in [-0.05, 0) is 34.7 Å². The largest absolute Gasteiger partial charge is 0.345 e. The Hall–Kier alpha value is -3.80. The first-order valence-corrected chi connectivity index (χ1v) is 10.8. The second-order valence-electron chi connectivity index (χ2n) is 7.98. The lowest BCUT2D eigenvalue weighted by atomic mass is 9.99. The molecule has 0 spiro atoms. The second-order valence-corrected chi connectivity index (χ2v) is 7.98. The van der Waals surface area contributed by atoms with Gasteiger partial charge in [-0.25, -0.2) is 0 Å². The van der Waals surface area contributed by atoms with Crippen LogP contribution >= 0.6 is 0 Å². The van der Waals surface area contributed by atoms with Crippen LogP contribution in [0.15, 0.2) is 83.6 Å². The average Bonchev–Trinajstić information content (AvgIpc) is 3.31. The van der Waals surface area contributed by atoms with Gasteiger partial charge in [0.1, 0.15) is 0 Å². The molecular weight excluding hydrogens is 400 g/mol. The van der Waals surface area contributed by atoms with Crippen LogP contribution < -0.4 is 5.32 Å². The Bertz CT molecular complexity index is 1100. The summed E-state index contributed by atoms with van der Waals surface area (Å²) < 4.78 is 5.37. The van der Waals surface area contributed by atoms with E-state index in [1.165, 1.54) is 5.56 Å². The quantitative estimate of drug-likeness (QED) is 0.424. The number of nitrogens with zero attached hydrogens (tertiary/aromatic N) is 3. The normalized spacial score (nSPS) is 12.0. The summed E-state index contributed by atoms with van der Waals surface area (Å²) in [5.41, 5.74) is 4.15. The molecule has 1 atom stereocenters. The third-order valence-corrected chi connectivity index (χ3v) is 5.35. The molecule has 4 rings (SSSR count). The highest BCUT2D eigenvalue weighted by Gasteiger charge is 2.18. The van der Waals surface area contributed by atoms with Crippen LogP contribution in [0, 0.1) is 0 Å². The number of nitrogens with one attached hydrogen (secondary N) is 1. The molecule has 0 saturated carbocycles. The number of aryl methyl sites for hydroxylation is 1. The van der Waals surface area contributed by atoms with Gasteiger partial charge < -0.3 is 9.84 Å². The predicted octanol–water partition coefficient (Wildman–Crippen LogP) is 5.09. The first-order valence-electron chi connectivity index (χ1n) is 10.8. The zero-order valence-corrected chi connectivity index (χ0v) is 18.2. The second kappa shape index (κ2) is 10.0. The van der Waals surface area contributed by atoms with Crippen molar-refractivity contribution in [2.45, 2.75) is 38.6 Å². The van der Waals surface area contributed by atoms with Crippen molar-refractivity contribution in [2.24, 2.45) is 0 Å². The standard InChI is InChI=1S/C26H26N4O2/c1-18(2)19-8-10-22(11-9-19)26-29-24(32-30-26)13-12-23(31)28-25(20-6-4-3-5-7-20)21-14-16-27-17-15-21/h3-11,14-18,25H,12-13H2,1-2H3,(H,28,31). The molecule has 1 amide bonds. The van der Waals surface area contributed by atoms with Gasteiger partial charge in [-0.3, -0.25) is 9.78 Å². The van der Waals surface area contributed by atoms with Gasteiger partial charge >= 0.3 is 0 Å². The Morgan fingerprint density at radius 3 is 2.28 bits per heavy atom. The summed E-state index contributed by atoms with van der Waals surface area (Å²) in [5.74, 6) is 1.37. The molecule has 32 heavy (non-hydrogen) atoms. The zero-order chi connectivity index (χ0) is 22.3. The van der Waals surface area contributed by atoms with Gasteiger partial charge in [0.05, 0.1) is 6.04 Å². The number of benzene rings is 2. The Kier molecular flexibility index (Phi) is 6.70. The summed E-state index contributed by atoms with van der Waals surface area (Å²) in [6.45, 7) is 4.31. The van der Waals surface area contributed by atoms with Crippen LogP contribution in [-0.4, -0.2) is 21.0 Å². The molecule has 1 unspecified atom stereocenters. The van der Waals surface area contributed by atoms with Crippen LogP contribution in [0.2, 0.25) is 0 Å². The van der Waals surface area contributed by atoms with Crippen molar-refractivity contribution in [1.82, 2.24) is 20.4 Å². The summed E-state index contributed by atoms with van der Waals surface area (Å²) in [7, 11) is 0. The lowest BCUT2D eigenvalue weighted by Crippen LogP contribution is -2.29. The van der Waals surface area contributed by atoms with Gasteiger partial charge in [0.2, 0.25) is 17.6 Å². The van der Waals surface area contributed by atoms with Gasteiger partial charge in [-0.1, -0.05) is 73.6 Å². The maximum atomic E-state index is 12.7. The van der Waals surface area contributed by atoms with Crippen molar-refractivity contribution in [3.8, 4) is 11.4 Å². The van der Waals surface area contributed by atoms with E-state index in [9.17, 15) is 4.79 Å². The molecule has 6 heteroatoms. The number of rotatable bonds is 8. The van der Waals surface area contributed by atoms with E-state index >= 15 is 0 Å². The fraction of sp³-hybridized carbons (Fsp3) is 0.231. The van der Waals surface area contributed by atoms with Crippen LogP contribution in [0.4, 0.5) is 0 Å². The molecule has 6 nitrogen and oxygen atoms in total. The Morgan fingerprint density at radius 2 is 1.59 bits per heavy atom. The molecule has 0 radical (unpaired) electrons. The molecule has 2 aromatic carbocycles. The average molecular weight is 427 g/mol. The maximum Gasteiger partial charge on any atom is 0.227 e. The fourth-order valence-corrected chi connectivity index (χ4v) is 3.50. The first kappa shape index (κ1) is 21.4. The van der Waals surface area contributed by atoms with Gasteiger partial charge in [-0.2, -0.15) is 4.98 Å². The summed E-state index contributed by atoms with van der Waals surface area (Å²) in [6, 6.07) is 21.6. The van der Waals surface area contributed by atoms with Gasteiger partial charge in [0.25, 0.3) is 0 Å². The van der Waals surface area contributed by atoms with Gasteiger partial charge in [0.15, 0.2) is 0 Å². The molecule has 0 aliphatic rings. The van der Waals surface area contributed by atoms with Crippen LogP contribution in [0.1, 0.15) is 54.8 Å². The van der Waals surface area contributed by atoms with Gasteiger partial charge in [0, 0.05) is 30.8 Å². The monoisotopic (exact) mass is 426 g/mol. The molecule has 0 aliphatic heterocycles. The lowest BCUT2D eigenvalue weighted by molar-refractivity contribution is -0.121. The van der Waals surface area contributed by atoms with Crippen LogP contribution in [-0.2, 0) is 11.2 Å². The van der Waals surface area contributed by atoms with Crippen molar-refractivity contribution in [2.75, 3.05) is 0 Å². The molecular formula is C26H26N4O2. The number of amides is 1. The lowest BCUT2D eigenvalue weighted by Gasteiger charge is -2.19. The van der Waals surface area contributed by atoms with E-state index in [1.807, 2.05) is 54.6 Å². The summed E-state index contributed by atoms with van der Waals surface area (Å²) in [5, 5.41) is 7.19. The molecule has 0 fully saturated rings. The minimum absolute atomic E-state index is 0.0864. The molecule has 2 aromatic heterocycles. The minimum atomic E-state index is -0.246. The van der Waals surface area contributed by atoms with Crippen LogP contribution in [0.3, 0.4) is 0 Å². The molecule has 162 valence electrons. The summed E-state index contributed by atoms with van der Waals surface area (Å²) >= 11 is 0. The Morgan fingerprint density at radius 1 is 0.906 bits per heavy atom. The third-order valence-electron chi connectivity index (χ3n) is 5.35. The third kappa shape index (κ3) is 5.27. The van der Waals surface area contributed by atoms with Gasteiger partial charge in [-0.15, -0.1) is 0 Å². The number of aromatic nitrogens is 3. The Balaban J connectivity index is 1.40. The molecule has 4 aromatic rings. The van der Waals surface area contributed by atoms with Crippen molar-refractivity contribution in [3.05, 3.63) is 102 Å². The van der Waals surface area contributed by atoms with Crippen molar-refractivity contribution in [3.63, 3.8) is 0 Å². The molecule has 1 N–H and O–H groups in total. The number of carbonyl (C=O) groups is 1. The van der Waals surface area contributed by atoms with Crippen LogP contribution in [0.25, 0.3) is 11.4 Å². The number of hydrogen-bond donors (Lipinski definition) is 1. The zero-order valence-electron chi connectivity index (χ0n) is 18.2. The Labute approximate surface area is 187 Å². The van der Waals surface area contributed by atoms with E-state index < -0.39 is 0 Å².